The molecule has 0 radical (unpaired) electrons. The van der Waals surface area contributed by atoms with Crippen LogP contribution in [0.3, 0.4) is 0 Å². The fraction of sp³-hybridized carbons (Fsp3) is 0.368. The summed E-state index contributed by atoms with van der Waals surface area (Å²) in [5.74, 6) is 0. The van der Waals surface area contributed by atoms with Gasteiger partial charge in [0.2, 0.25) is 0 Å². The predicted octanol–water partition coefficient (Wildman–Crippen LogP) is 6.81. The fourth-order valence-corrected chi connectivity index (χ4v) is 0.785. The maximum absolute atomic E-state index is 3.94. The summed E-state index contributed by atoms with van der Waals surface area (Å²) in [5.41, 5.74) is 4.07. The maximum Gasteiger partial charge on any atom is -0.0262 e. The van der Waals surface area contributed by atoms with Gasteiger partial charge in [0.05, 0.1) is 0 Å². The van der Waals surface area contributed by atoms with Crippen LogP contribution in [0.5, 0.6) is 0 Å². The lowest BCUT2D eigenvalue weighted by Gasteiger charge is -1.98. The van der Waals surface area contributed by atoms with Gasteiger partial charge >= 0.3 is 0 Å². The predicted molar refractivity (Wildman–Crippen MR) is 93.5 cm³/mol. The average Bonchev–Trinajstić information content (AvgIpc) is 2.45. The third-order valence-corrected chi connectivity index (χ3v) is 1.98. The Balaban J connectivity index is -0.000000579. The van der Waals surface area contributed by atoms with Gasteiger partial charge in [-0.15, -0.1) is 0 Å². The van der Waals surface area contributed by atoms with Crippen LogP contribution in [-0.2, 0) is 0 Å². The Hall–Kier alpha value is -1.56. The van der Waals surface area contributed by atoms with Crippen LogP contribution in [0.25, 0.3) is 0 Å². The summed E-state index contributed by atoms with van der Waals surface area (Å²) in [7, 11) is 0. The quantitative estimate of drug-likeness (QED) is 0.476. The summed E-state index contributed by atoms with van der Waals surface area (Å²) in [6.45, 7) is 25.7. The van der Waals surface area contributed by atoms with Gasteiger partial charge in [0.25, 0.3) is 0 Å². The van der Waals surface area contributed by atoms with Crippen molar-refractivity contribution >= 4 is 0 Å². The normalized spacial score (nSPS) is 10.4. The molecule has 0 heterocycles. The van der Waals surface area contributed by atoms with Crippen LogP contribution >= 0.6 is 0 Å². The minimum atomic E-state index is 0.915. The van der Waals surface area contributed by atoms with E-state index in [0.29, 0.717) is 0 Å². The third-order valence-electron chi connectivity index (χ3n) is 1.98. The van der Waals surface area contributed by atoms with Crippen molar-refractivity contribution < 1.29 is 0 Å². The lowest BCUT2D eigenvalue weighted by atomic mass is 10.1. The number of hydrogen-bond acceptors (Lipinski definition) is 0. The van der Waals surface area contributed by atoms with Crippen LogP contribution in [0.4, 0.5) is 0 Å². The van der Waals surface area contributed by atoms with Crippen molar-refractivity contribution in [2.75, 3.05) is 0 Å². The Morgan fingerprint density at radius 3 is 1.37 bits per heavy atom. The molecule has 0 heteroatoms. The third kappa shape index (κ3) is 16.4. The zero-order valence-corrected chi connectivity index (χ0v) is 14.0. The van der Waals surface area contributed by atoms with E-state index in [9.17, 15) is 0 Å². The molecule has 0 aliphatic heterocycles. The first-order chi connectivity index (χ1) is 8.97. The summed E-state index contributed by atoms with van der Waals surface area (Å²) in [6, 6.07) is 0. The van der Waals surface area contributed by atoms with Crippen LogP contribution in [0.2, 0.25) is 0 Å². The minimum Gasteiger partial charge on any atom is -0.0961 e. The summed E-state index contributed by atoms with van der Waals surface area (Å²) in [6.07, 6.45) is 9.92. The lowest BCUT2D eigenvalue weighted by molar-refractivity contribution is 1.46. The molecule has 0 unspecified atom stereocenters. The second-order valence-corrected chi connectivity index (χ2v) is 3.60. The van der Waals surface area contributed by atoms with Crippen LogP contribution in [0.1, 0.15) is 48.5 Å². The van der Waals surface area contributed by atoms with Gasteiger partial charge in [0.1, 0.15) is 0 Å². The van der Waals surface area contributed by atoms with E-state index in [1.54, 1.807) is 0 Å². The minimum absolute atomic E-state index is 0.915. The Kier molecular flexibility index (Phi) is 19.6. The van der Waals surface area contributed by atoms with Crippen molar-refractivity contribution in [3.05, 3.63) is 72.4 Å². The molecule has 0 bridgehead atoms. The maximum atomic E-state index is 3.94. The summed E-state index contributed by atoms with van der Waals surface area (Å²) >= 11 is 0. The molecule has 0 nitrogen and oxygen atoms in total. The van der Waals surface area contributed by atoms with E-state index in [0.717, 1.165) is 16.7 Å². The van der Waals surface area contributed by atoms with E-state index in [2.05, 4.69) is 32.7 Å². The van der Waals surface area contributed by atoms with Gasteiger partial charge in [-0.2, -0.15) is 0 Å². The standard InChI is InChI=1S/C15H20.2C2H6/c1-7-13(4)9-11-15(6)14(5)10-8-12(2)3;2*1-2/h7-11H,2,5-6H2,1,3-4H3;2*1-2H3/b10-8-,11-9-,13-7-;;. The largest absolute Gasteiger partial charge is 0.0961 e. The molecule has 0 spiro atoms. The van der Waals surface area contributed by atoms with Crippen molar-refractivity contribution in [1.29, 1.82) is 0 Å². The first kappa shape index (κ1) is 22.6. The molecule has 0 aromatic rings. The van der Waals surface area contributed by atoms with Crippen LogP contribution < -0.4 is 0 Å². The second-order valence-electron chi connectivity index (χ2n) is 3.60. The SMILES string of the molecule is C=C(C)/C=C\C(=C)C(=C)/C=C\C(C)=C/C.CC.CC. The number of allylic oxidation sites excluding steroid dienone is 9. The molecular weight excluding hydrogens is 228 g/mol. The van der Waals surface area contributed by atoms with Gasteiger partial charge in [0, 0.05) is 0 Å². The zero-order chi connectivity index (χ0) is 15.8. The Morgan fingerprint density at radius 1 is 0.684 bits per heavy atom. The van der Waals surface area contributed by atoms with E-state index >= 15 is 0 Å². The highest BCUT2D eigenvalue weighted by Crippen LogP contribution is 2.10. The Labute approximate surface area is 121 Å². The summed E-state index contributed by atoms with van der Waals surface area (Å²) < 4.78 is 0. The molecule has 0 aliphatic rings. The van der Waals surface area contributed by atoms with Crippen molar-refractivity contribution in [1.82, 2.24) is 0 Å². The van der Waals surface area contributed by atoms with Crippen LogP contribution in [0.15, 0.2) is 72.4 Å². The molecule has 0 rings (SSSR count). The van der Waals surface area contributed by atoms with E-state index in [1.807, 2.05) is 65.8 Å². The summed E-state index contributed by atoms with van der Waals surface area (Å²) in [4.78, 5) is 0. The molecule has 0 N–H and O–H groups in total. The molecule has 0 saturated carbocycles. The van der Waals surface area contributed by atoms with Crippen molar-refractivity contribution in [3.63, 3.8) is 0 Å². The first-order valence-electron chi connectivity index (χ1n) is 7.00. The van der Waals surface area contributed by atoms with Crippen LogP contribution in [0, 0.1) is 0 Å². The van der Waals surface area contributed by atoms with E-state index in [-0.39, 0.29) is 0 Å². The molecule has 0 aromatic heterocycles. The fourth-order valence-electron chi connectivity index (χ4n) is 0.785. The molecule has 0 atom stereocenters. The first-order valence-corrected chi connectivity index (χ1v) is 7.00. The molecular formula is C19H32. The van der Waals surface area contributed by atoms with E-state index < -0.39 is 0 Å². The van der Waals surface area contributed by atoms with Crippen molar-refractivity contribution in [2.45, 2.75) is 48.5 Å². The Morgan fingerprint density at radius 2 is 1.05 bits per heavy atom. The number of rotatable bonds is 5. The molecule has 0 amide bonds. The smallest absolute Gasteiger partial charge is 0.0262 e. The molecule has 0 aromatic carbocycles. The highest BCUT2D eigenvalue weighted by Gasteiger charge is 1.90. The van der Waals surface area contributed by atoms with Gasteiger partial charge in [0.15, 0.2) is 0 Å². The van der Waals surface area contributed by atoms with Crippen LogP contribution in [-0.4, -0.2) is 0 Å². The second kappa shape index (κ2) is 16.4. The average molecular weight is 260 g/mol. The monoisotopic (exact) mass is 260 g/mol. The lowest BCUT2D eigenvalue weighted by Crippen LogP contribution is -1.79. The van der Waals surface area contributed by atoms with Gasteiger partial charge in [-0.3, -0.25) is 0 Å². The topological polar surface area (TPSA) is 0 Å². The highest BCUT2D eigenvalue weighted by molar-refractivity contribution is 5.45. The molecule has 0 aliphatic carbocycles. The van der Waals surface area contributed by atoms with Gasteiger partial charge in [-0.05, 0) is 31.9 Å². The van der Waals surface area contributed by atoms with Gasteiger partial charge in [-0.1, -0.05) is 89.0 Å². The highest BCUT2D eigenvalue weighted by atomic mass is 14.0. The van der Waals surface area contributed by atoms with Gasteiger partial charge < -0.3 is 0 Å². The Bertz CT molecular complexity index is 346. The molecule has 108 valence electrons. The summed E-state index contributed by atoms with van der Waals surface area (Å²) in [5, 5.41) is 0. The van der Waals surface area contributed by atoms with E-state index in [4.69, 9.17) is 0 Å². The molecule has 0 saturated heterocycles. The molecule has 0 fully saturated rings. The van der Waals surface area contributed by atoms with Crippen molar-refractivity contribution in [3.8, 4) is 0 Å². The van der Waals surface area contributed by atoms with Gasteiger partial charge in [-0.25, -0.2) is 0 Å². The van der Waals surface area contributed by atoms with E-state index in [1.165, 1.54) is 5.57 Å². The zero-order valence-electron chi connectivity index (χ0n) is 14.0. The molecule has 19 heavy (non-hydrogen) atoms. The number of hydrogen-bond donors (Lipinski definition) is 0. The van der Waals surface area contributed by atoms with Crippen molar-refractivity contribution in [2.24, 2.45) is 0 Å².